The monoisotopic (exact) mass is 776 g/mol. The first-order valence-corrected chi connectivity index (χ1v) is 14.0. The third-order valence-electron chi connectivity index (χ3n) is 4.64. The van der Waals surface area contributed by atoms with Gasteiger partial charge in [0.25, 0.3) is 0 Å². The number of hydrogen-bond acceptors (Lipinski definition) is 3. The summed E-state index contributed by atoms with van der Waals surface area (Å²) in [5, 5.41) is 0. The van der Waals surface area contributed by atoms with E-state index >= 15 is 0 Å². The summed E-state index contributed by atoms with van der Waals surface area (Å²) in [5.74, 6) is 0.104. The minimum Gasteiger partial charge on any atom is -0.423 e. The Morgan fingerprint density at radius 1 is 0.719 bits per heavy atom. The van der Waals surface area contributed by atoms with E-state index in [-0.39, 0.29) is 10.9 Å². The fourth-order valence-electron chi connectivity index (χ4n) is 3.12. The van der Waals surface area contributed by atoms with Crippen molar-refractivity contribution in [2.75, 3.05) is 5.73 Å². The first kappa shape index (κ1) is 23.8. The van der Waals surface area contributed by atoms with Gasteiger partial charge in [0.2, 0.25) is 0 Å². The Balaban J connectivity index is 1.63. The molecule has 4 aromatic carbocycles. The summed E-state index contributed by atoms with van der Waals surface area (Å²) in [7, 11) is -0.245. The van der Waals surface area contributed by atoms with E-state index in [2.05, 4.69) is 116 Å². The van der Waals surface area contributed by atoms with Crippen molar-refractivity contribution >= 4 is 90.3 Å². The number of rotatable bonds is 5. The number of hydrogen-bond donors (Lipinski definition) is 1. The first-order valence-electron chi connectivity index (χ1n) is 9.55. The molecule has 0 atom stereocenters. The second-order valence-electron chi connectivity index (χ2n) is 6.74. The van der Waals surface area contributed by atoms with E-state index in [1.54, 1.807) is 0 Å². The predicted molar refractivity (Wildman–Crippen MR) is 155 cm³/mol. The fourth-order valence-corrected chi connectivity index (χ4v) is 9.01. The van der Waals surface area contributed by atoms with E-state index < -0.39 is 5.97 Å². The molecule has 160 valence electrons. The second kappa shape index (κ2) is 10.7. The molecule has 7 heteroatoms. The highest BCUT2D eigenvalue weighted by atomic mass is 127. The van der Waals surface area contributed by atoms with Crippen LogP contribution in [0, 0.1) is 10.7 Å². The predicted octanol–water partition coefficient (Wildman–Crippen LogP) is 7.40. The number of halogens is 3. The molecule has 4 aromatic rings. The number of anilines is 1. The van der Waals surface area contributed by atoms with Crippen LogP contribution < -0.4 is 10.5 Å². The van der Waals surface area contributed by atoms with Crippen molar-refractivity contribution in [3.05, 3.63) is 107 Å². The van der Waals surface area contributed by atoms with Crippen LogP contribution in [-0.4, -0.2) is 5.97 Å². The van der Waals surface area contributed by atoms with Crippen LogP contribution in [0.5, 0.6) is 5.75 Å². The standard InChI is InChI=1S/C25H17I3NO2S/c26-20-15-21(27)24(29)23(28)22(20)25(30)31-16-11-13-19(14-12-16)32(17-7-3-1-4-8-17)18-9-5-2-6-10-18/h1-15H,29H2/q+1. The van der Waals surface area contributed by atoms with Crippen LogP contribution in [0.1, 0.15) is 10.4 Å². The highest BCUT2D eigenvalue weighted by molar-refractivity contribution is 14.1. The van der Waals surface area contributed by atoms with E-state index in [1.165, 1.54) is 9.79 Å². The molecule has 0 unspecified atom stereocenters. The lowest BCUT2D eigenvalue weighted by Gasteiger charge is -2.12. The van der Waals surface area contributed by atoms with Crippen LogP contribution in [-0.2, 0) is 10.9 Å². The summed E-state index contributed by atoms with van der Waals surface area (Å²) in [6, 6.07) is 30.6. The summed E-state index contributed by atoms with van der Waals surface area (Å²) < 4.78 is 8.16. The van der Waals surface area contributed by atoms with Crippen molar-refractivity contribution in [3.63, 3.8) is 0 Å². The Morgan fingerprint density at radius 2 is 1.22 bits per heavy atom. The van der Waals surface area contributed by atoms with Gasteiger partial charge in [-0.15, -0.1) is 0 Å². The Morgan fingerprint density at radius 3 is 1.75 bits per heavy atom. The van der Waals surface area contributed by atoms with Gasteiger partial charge >= 0.3 is 5.97 Å². The summed E-state index contributed by atoms with van der Waals surface area (Å²) in [6.07, 6.45) is 0. The normalized spacial score (nSPS) is 10.9. The minimum atomic E-state index is -0.403. The SMILES string of the molecule is Nc1c(I)cc(I)c(C(=O)Oc2ccc([S+](c3ccccc3)c3ccccc3)cc2)c1I. The summed E-state index contributed by atoms with van der Waals surface area (Å²) in [6.45, 7) is 0. The van der Waals surface area contributed by atoms with Crippen molar-refractivity contribution in [3.8, 4) is 5.75 Å². The molecule has 0 saturated heterocycles. The van der Waals surface area contributed by atoms with Crippen LogP contribution in [0.2, 0.25) is 0 Å². The Hall–Kier alpha value is -1.31. The van der Waals surface area contributed by atoms with E-state index in [0.717, 1.165) is 15.6 Å². The van der Waals surface area contributed by atoms with Crippen LogP contribution in [0.25, 0.3) is 0 Å². The largest absolute Gasteiger partial charge is 0.423 e. The van der Waals surface area contributed by atoms with Gasteiger partial charge in [0.15, 0.2) is 14.7 Å². The topological polar surface area (TPSA) is 52.3 Å². The summed E-state index contributed by atoms with van der Waals surface area (Å²) in [4.78, 5) is 16.5. The Bertz CT molecular complexity index is 1210. The number of nitrogens with two attached hydrogens (primary N) is 1. The molecule has 32 heavy (non-hydrogen) atoms. The Kier molecular flexibility index (Phi) is 8.00. The molecule has 4 rings (SSSR count). The van der Waals surface area contributed by atoms with Gasteiger partial charge in [0.05, 0.1) is 25.7 Å². The van der Waals surface area contributed by atoms with Crippen molar-refractivity contribution < 1.29 is 9.53 Å². The lowest BCUT2D eigenvalue weighted by atomic mass is 10.2. The number of esters is 1. The number of benzene rings is 4. The smallest absolute Gasteiger partial charge is 0.345 e. The van der Waals surface area contributed by atoms with Gasteiger partial charge in [-0.05, 0) is 122 Å². The minimum absolute atomic E-state index is 0.245. The quantitative estimate of drug-likeness (QED) is 0.0757. The van der Waals surface area contributed by atoms with E-state index in [4.69, 9.17) is 10.5 Å². The maximum atomic E-state index is 12.9. The molecule has 0 aliphatic heterocycles. The van der Waals surface area contributed by atoms with Crippen molar-refractivity contribution in [1.82, 2.24) is 0 Å². The third-order valence-corrected chi connectivity index (χ3v) is 9.73. The lowest BCUT2D eigenvalue weighted by Crippen LogP contribution is -2.14. The maximum absolute atomic E-state index is 12.9. The third kappa shape index (κ3) is 5.26. The van der Waals surface area contributed by atoms with Crippen molar-refractivity contribution in [2.45, 2.75) is 14.7 Å². The van der Waals surface area contributed by atoms with Gasteiger partial charge < -0.3 is 10.5 Å². The molecule has 0 aliphatic rings. The van der Waals surface area contributed by atoms with Crippen LogP contribution in [0.4, 0.5) is 5.69 Å². The molecular weight excluding hydrogens is 759 g/mol. The van der Waals surface area contributed by atoms with Gasteiger partial charge in [0, 0.05) is 7.14 Å². The van der Waals surface area contributed by atoms with Gasteiger partial charge in [-0.1, -0.05) is 36.4 Å². The van der Waals surface area contributed by atoms with E-state index in [0.29, 0.717) is 17.0 Å². The zero-order valence-electron chi connectivity index (χ0n) is 16.6. The molecule has 0 radical (unpaired) electrons. The molecule has 0 bridgehead atoms. The highest BCUT2D eigenvalue weighted by Crippen LogP contribution is 2.33. The molecule has 0 amide bonds. The molecular formula is C25H17I3NO2S+. The van der Waals surface area contributed by atoms with Crippen LogP contribution >= 0.6 is 67.8 Å². The molecule has 2 N–H and O–H groups in total. The summed E-state index contributed by atoms with van der Waals surface area (Å²) in [5.41, 5.74) is 7.22. The lowest BCUT2D eigenvalue weighted by molar-refractivity contribution is 0.0732. The van der Waals surface area contributed by atoms with E-state index in [9.17, 15) is 4.79 Å². The second-order valence-corrected chi connectivity index (χ2v) is 12.2. The van der Waals surface area contributed by atoms with Crippen LogP contribution in [0.3, 0.4) is 0 Å². The molecule has 0 aliphatic carbocycles. The average Bonchev–Trinajstić information content (AvgIpc) is 2.80. The van der Waals surface area contributed by atoms with Crippen molar-refractivity contribution in [2.24, 2.45) is 0 Å². The van der Waals surface area contributed by atoms with Gasteiger partial charge in [-0.2, -0.15) is 0 Å². The Labute approximate surface area is 230 Å². The zero-order valence-corrected chi connectivity index (χ0v) is 23.9. The van der Waals surface area contributed by atoms with E-state index in [1.807, 2.05) is 42.5 Å². The van der Waals surface area contributed by atoms with Crippen LogP contribution in [0.15, 0.2) is 106 Å². The first-order chi connectivity index (χ1) is 15.5. The number of carbonyl (C=O) groups is 1. The fraction of sp³-hybridized carbons (Fsp3) is 0. The maximum Gasteiger partial charge on any atom is 0.345 e. The average molecular weight is 776 g/mol. The van der Waals surface area contributed by atoms with Crippen molar-refractivity contribution in [1.29, 1.82) is 0 Å². The van der Waals surface area contributed by atoms with Gasteiger partial charge in [0.1, 0.15) is 5.75 Å². The van der Waals surface area contributed by atoms with Gasteiger partial charge in [-0.25, -0.2) is 4.79 Å². The summed E-state index contributed by atoms with van der Waals surface area (Å²) >= 11 is 6.43. The molecule has 0 spiro atoms. The number of nitrogen functional groups attached to an aromatic ring is 1. The van der Waals surface area contributed by atoms with Gasteiger partial charge in [-0.3, -0.25) is 0 Å². The highest BCUT2D eigenvalue weighted by Gasteiger charge is 2.28. The molecule has 0 fully saturated rings. The molecule has 0 heterocycles. The molecule has 3 nitrogen and oxygen atoms in total. The number of ether oxygens (including phenoxy) is 1. The molecule has 0 saturated carbocycles. The zero-order chi connectivity index (χ0) is 22.7. The molecule has 0 aromatic heterocycles. The number of carbonyl (C=O) groups excluding carboxylic acids is 1.